The molecule has 0 aliphatic carbocycles. The van der Waals surface area contributed by atoms with Crippen LogP contribution in [-0.4, -0.2) is 54.6 Å². The maximum Gasteiger partial charge on any atom is 0.311 e. The third kappa shape index (κ3) is 4.32. The number of carbonyl (C=O) groups excluding carboxylic acids is 2. The first-order valence-corrected chi connectivity index (χ1v) is 6.07. The molecule has 1 unspecified atom stereocenters. The maximum absolute atomic E-state index is 11.8. The van der Waals surface area contributed by atoms with Gasteiger partial charge in [-0.05, 0) is 25.2 Å². The molecule has 0 bridgehead atoms. The lowest BCUT2D eigenvalue weighted by Gasteiger charge is -2.32. The molecule has 1 fully saturated rings. The molecule has 1 rings (SSSR count). The first-order chi connectivity index (χ1) is 8.19. The summed E-state index contributed by atoms with van der Waals surface area (Å²) in [5, 5.41) is 11.3. The van der Waals surface area contributed by atoms with E-state index in [0.717, 1.165) is 12.8 Å². The lowest BCUT2D eigenvalue weighted by Crippen LogP contribution is -2.48. The molecule has 6 heteroatoms. The van der Waals surface area contributed by atoms with Gasteiger partial charge in [-0.25, -0.2) is 0 Å². The SMILES string of the molecule is NCCNC(=O)C(=O)N1CCCC(CCO)C1. The number of hydrogen-bond acceptors (Lipinski definition) is 4. The van der Waals surface area contributed by atoms with Crippen molar-refractivity contribution in [3.05, 3.63) is 0 Å². The number of aliphatic hydroxyl groups excluding tert-OH is 1. The Hall–Kier alpha value is -1.14. The first kappa shape index (κ1) is 13.9. The van der Waals surface area contributed by atoms with Crippen molar-refractivity contribution in [2.24, 2.45) is 11.7 Å². The van der Waals surface area contributed by atoms with Gasteiger partial charge < -0.3 is 21.1 Å². The molecule has 17 heavy (non-hydrogen) atoms. The van der Waals surface area contributed by atoms with Crippen LogP contribution in [0.4, 0.5) is 0 Å². The molecule has 0 aromatic heterocycles. The normalized spacial score (nSPS) is 20.1. The number of aliphatic hydroxyl groups is 1. The molecule has 2 amide bonds. The Morgan fingerprint density at radius 3 is 2.88 bits per heavy atom. The van der Waals surface area contributed by atoms with Gasteiger partial charge in [0, 0.05) is 32.8 Å². The van der Waals surface area contributed by atoms with Crippen molar-refractivity contribution in [1.82, 2.24) is 10.2 Å². The van der Waals surface area contributed by atoms with Crippen molar-refractivity contribution in [1.29, 1.82) is 0 Å². The molecule has 1 aliphatic heterocycles. The molecule has 4 N–H and O–H groups in total. The second-order valence-electron chi connectivity index (χ2n) is 4.32. The smallest absolute Gasteiger partial charge is 0.311 e. The summed E-state index contributed by atoms with van der Waals surface area (Å²) in [6.45, 7) is 1.96. The average molecular weight is 243 g/mol. The maximum atomic E-state index is 11.8. The highest BCUT2D eigenvalue weighted by atomic mass is 16.3. The van der Waals surface area contributed by atoms with E-state index in [0.29, 0.717) is 38.5 Å². The van der Waals surface area contributed by atoms with Gasteiger partial charge in [0.25, 0.3) is 0 Å². The molecular formula is C11H21N3O3. The van der Waals surface area contributed by atoms with Crippen molar-refractivity contribution in [2.45, 2.75) is 19.3 Å². The summed E-state index contributed by atoms with van der Waals surface area (Å²) in [6, 6.07) is 0. The van der Waals surface area contributed by atoms with E-state index in [4.69, 9.17) is 10.8 Å². The molecule has 1 aliphatic rings. The van der Waals surface area contributed by atoms with Gasteiger partial charge in [0.2, 0.25) is 0 Å². The summed E-state index contributed by atoms with van der Waals surface area (Å²) >= 11 is 0. The van der Waals surface area contributed by atoms with Crippen molar-refractivity contribution < 1.29 is 14.7 Å². The number of nitrogens with zero attached hydrogens (tertiary/aromatic N) is 1. The van der Waals surface area contributed by atoms with E-state index in [-0.39, 0.29) is 6.61 Å². The Labute approximate surface area is 101 Å². The zero-order chi connectivity index (χ0) is 12.7. The van der Waals surface area contributed by atoms with Gasteiger partial charge in [0.15, 0.2) is 0 Å². The third-order valence-corrected chi connectivity index (χ3v) is 2.97. The molecule has 6 nitrogen and oxygen atoms in total. The molecule has 0 aromatic carbocycles. The van der Waals surface area contributed by atoms with E-state index in [9.17, 15) is 9.59 Å². The topological polar surface area (TPSA) is 95.7 Å². The van der Waals surface area contributed by atoms with Gasteiger partial charge in [-0.2, -0.15) is 0 Å². The number of carbonyl (C=O) groups is 2. The fourth-order valence-electron chi connectivity index (χ4n) is 2.07. The molecule has 0 radical (unpaired) electrons. The highest BCUT2D eigenvalue weighted by Gasteiger charge is 2.27. The van der Waals surface area contributed by atoms with Crippen molar-refractivity contribution in [3.63, 3.8) is 0 Å². The van der Waals surface area contributed by atoms with Crippen molar-refractivity contribution >= 4 is 11.8 Å². The monoisotopic (exact) mass is 243 g/mol. The van der Waals surface area contributed by atoms with Crippen LogP contribution < -0.4 is 11.1 Å². The van der Waals surface area contributed by atoms with E-state index in [2.05, 4.69) is 5.32 Å². The van der Waals surface area contributed by atoms with Crippen LogP contribution in [0.1, 0.15) is 19.3 Å². The van der Waals surface area contributed by atoms with Gasteiger partial charge >= 0.3 is 11.8 Å². The van der Waals surface area contributed by atoms with Gasteiger partial charge in [-0.3, -0.25) is 9.59 Å². The third-order valence-electron chi connectivity index (χ3n) is 2.97. The summed E-state index contributed by atoms with van der Waals surface area (Å²) in [4.78, 5) is 24.8. The molecule has 0 aromatic rings. The fraction of sp³-hybridized carbons (Fsp3) is 0.818. The van der Waals surface area contributed by atoms with E-state index < -0.39 is 11.8 Å². The molecule has 0 spiro atoms. The van der Waals surface area contributed by atoms with Crippen LogP contribution >= 0.6 is 0 Å². The summed E-state index contributed by atoms with van der Waals surface area (Å²) < 4.78 is 0. The van der Waals surface area contributed by atoms with Gasteiger partial charge in [-0.15, -0.1) is 0 Å². The van der Waals surface area contributed by atoms with Crippen molar-refractivity contribution in [3.8, 4) is 0 Å². The highest BCUT2D eigenvalue weighted by molar-refractivity contribution is 6.35. The minimum Gasteiger partial charge on any atom is -0.396 e. The van der Waals surface area contributed by atoms with Gasteiger partial charge in [0.05, 0.1) is 0 Å². The second-order valence-corrected chi connectivity index (χ2v) is 4.32. The molecule has 1 saturated heterocycles. The zero-order valence-corrected chi connectivity index (χ0v) is 10.0. The number of amides is 2. The Kier molecular flexibility index (Phi) is 5.93. The Balaban J connectivity index is 2.42. The number of piperidine rings is 1. The number of likely N-dealkylation sites (tertiary alicyclic amines) is 1. The lowest BCUT2D eigenvalue weighted by molar-refractivity contribution is -0.147. The average Bonchev–Trinajstić information content (AvgIpc) is 2.35. The minimum atomic E-state index is -0.583. The predicted molar refractivity (Wildman–Crippen MR) is 63.1 cm³/mol. The quantitative estimate of drug-likeness (QED) is 0.534. The summed E-state index contributed by atoms with van der Waals surface area (Å²) in [5.41, 5.74) is 5.25. The fourth-order valence-corrected chi connectivity index (χ4v) is 2.07. The molecular weight excluding hydrogens is 222 g/mol. The van der Waals surface area contributed by atoms with E-state index in [1.807, 2.05) is 0 Å². The summed E-state index contributed by atoms with van der Waals surface area (Å²) in [5.74, 6) is -0.763. The molecule has 1 heterocycles. The minimum absolute atomic E-state index is 0.131. The van der Waals surface area contributed by atoms with Crippen LogP contribution in [-0.2, 0) is 9.59 Å². The second kappa shape index (κ2) is 7.24. The van der Waals surface area contributed by atoms with Crippen molar-refractivity contribution in [2.75, 3.05) is 32.8 Å². The van der Waals surface area contributed by atoms with Crippen LogP contribution in [0.3, 0.4) is 0 Å². The van der Waals surface area contributed by atoms with E-state index >= 15 is 0 Å². The van der Waals surface area contributed by atoms with Gasteiger partial charge in [-0.1, -0.05) is 0 Å². The summed E-state index contributed by atoms with van der Waals surface area (Å²) in [7, 11) is 0. The number of hydrogen-bond donors (Lipinski definition) is 3. The number of nitrogens with one attached hydrogen (secondary N) is 1. The zero-order valence-electron chi connectivity index (χ0n) is 10.0. The standard InChI is InChI=1S/C11H21N3O3/c12-4-5-13-10(16)11(17)14-6-1-2-9(8-14)3-7-15/h9,15H,1-8,12H2,(H,13,16). The van der Waals surface area contributed by atoms with E-state index in [1.54, 1.807) is 4.90 Å². The largest absolute Gasteiger partial charge is 0.396 e. The van der Waals surface area contributed by atoms with Crippen LogP contribution in [0.25, 0.3) is 0 Å². The highest BCUT2D eigenvalue weighted by Crippen LogP contribution is 2.19. The van der Waals surface area contributed by atoms with E-state index in [1.165, 1.54) is 0 Å². The number of rotatable bonds is 4. The molecule has 98 valence electrons. The van der Waals surface area contributed by atoms with Crippen LogP contribution in [0.15, 0.2) is 0 Å². The van der Waals surface area contributed by atoms with Crippen LogP contribution in [0.5, 0.6) is 0 Å². The van der Waals surface area contributed by atoms with Gasteiger partial charge in [0.1, 0.15) is 0 Å². The molecule has 0 saturated carbocycles. The van der Waals surface area contributed by atoms with Crippen LogP contribution in [0.2, 0.25) is 0 Å². The Morgan fingerprint density at radius 2 is 2.24 bits per heavy atom. The van der Waals surface area contributed by atoms with Crippen LogP contribution in [0, 0.1) is 5.92 Å². The first-order valence-electron chi connectivity index (χ1n) is 6.07. The number of nitrogens with two attached hydrogens (primary N) is 1. The summed E-state index contributed by atoms with van der Waals surface area (Å²) in [6.07, 6.45) is 2.59. The molecule has 1 atom stereocenters. The Bertz CT molecular complexity index is 269. The Morgan fingerprint density at radius 1 is 1.47 bits per heavy atom. The predicted octanol–water partition coefficient (Wildman–Crippen LogP) is -1.32. The lowest BCUT2D eigenvalue weighted by atomic mass is 9.95.